The van der Waals surface area contributed by atoms with Gasteiger partial charge in [-0.05, 0) is 68.4 Å². The van der Waals surface area contributed by atoms with Crippen LogP contribution in [0.15, 0.2) is 79.0 Å². The molecule has 1 aliphatic carbocycles. The molecule has 234 valence electrons. The van der Waals surface area contributed by atoms with E-state index in [9.17, 15) is 10.1 Å². The van der Waals surface area contributed by atoms with Gasteiger partial charge in [0.15, 0.2) is 5.82 Å². The number of likely N-dealkylation sites (N-methyl/N-ethyl adjacent to an activating group) is 1. The molecule has 1 fully saturated rings. The number of fused-ring (bicyclic) bond motifs is 2. The molecule has 2 aliphatic rings. The fraction of sp³-hybridized carbons (Fsp3) is 0.257. The second-order valence-corrected chi connectivity index (χ2v) is 12.1. The molecule has 1 aliphatic heterocycles. The number of nitriles is 1. The number of amides is 1. The van der Waals surface area contributed by atoms with Crippen LogP contribution in [-0.2, 0) is 16.8 Å². The zero-order valence-electron chi connectivity index (χ0n) is 25.9. The number of ether oxygens (including phenoxy) is 2. The molecular weight excluding hydrogens is 602 g/mol. The highest BCUT2D eigenvalue weighted by Gasteiger charge is 2.53. The van der Waals surface area contributed by atoms with Gasteiger partial charge in [-0.3, -0.25) is 4.79 Å². The van der Waals surface area contributed by atoms with Gasteiger partial charge in [-0.1, -0.05) is 48.0 Å². The Morgan fingerprint density at radius 3 is 2.63 bits per heavy atom. The lowest BCUT2D eigenvalue weighted by atomic mass is 9.98. The van der Waals surface area contributed by atoms with Crippen molar-refractivity contribution in [2.45, 2.75) is 24.9 Å². The van der Waals surface area contributed by atoms with Crippen molar-refractivity contribution in [3.8, 4) is 17.6 Å². The Balaban J connectivity index is 1.23. The summed E-state index contributed by atoms with van der Waals surface area (Å²) >= 11 is 6.53. The molecule has 0 atom stereocenters. The molecular formula is C35H34ClN7O3. The first-order valence-electron chi connectivity index (χ1n) is 14.9. The predicted octanol–water partition coefficient (Wildman–Crippen LogP) is 6.57. The smallest absolute Gasteiger partial charge is 0.250 e. The zero-order valence-corrected chi connectivity index (χ0v) is 26.6. The van der Waals surface area contributed by atoms with Crippen molar-refractivity contribution < 1.29 is 14.3 Å². The first kappa shape index (κ1) is 30.9. The summed E-state index contributed by atoms with van der Waals surface area (Å²) in [6.45, 7) is 1.71. The predicted molar refractivity (Wildman–Crippen MR) is 179 cm³/mol. The molecule has 1 amide bonds. The van der Waals surface area contributed by atoms with E-state index in [1.54, 1.807) is 31.4 Å². The van der Waals surface area contributed by atoms with Crippen LogP contribution in [0.1, 0.15) is 29.5 Å². The first-order valence-corrected chi connectivity index (χ1v) is 15.3. The summed E-state index contributed by atoms with van der Waals surface area (Å²) < 4.78 is 11.6. The Kier molecular flexibility index (Phi) is 8.79. The summed E-state index contributed by atoms with van der Waals surface area (Å²) in [4.78, 5) is 26.1. The molecule has 1 spiro atoms. The molecule has 1 aromatic heterocycles. The van der Waals surface area contributed by atoms with Crippen LogP contribution < -0.4 is 25.0 Å². The van der Waals surface area contributed by atoms with Gasteiger partial charge in [0.1, 0.15) is 29.7 Å². The van der Waals surface area contributed by atoms with Gasteiger partial charge >= 0.3 is 0 Å². The summed E-state index contributed by atoms with van der Waals surface area (Å²) in [7, 11) is 5.53. The lowest BCUT2D eigenvalue weighted by Crippen LogP contribution is -2.30. The Morgan fingerprint density at radius 1 is 1.13 bits per heavy atom. The SMILES string of the molecule is COc1cc2c(cc1Nc1ncc(C#N)c(Nc3ccc(OCc4ccccc4)c(Cl)c3)n1)N(C(=O)/C=C/CN(C)C)CC21CC1. The molecule has 2 heterocycles. The highest BCUT2D eigenvalue weighted by atomic mass is 35.5. The number of methoxy groups -OCH3 is 1. The number of hydrogen-bond acceptors (Lipinski definition) is 9. The summed E-state index contributed by atoms with van der Waals surface area (Å²) in [5.41, 5.74) is 4.44. The van der Waals surface area contributed by atoms with Gasteiger partial charge in [-0.2, -0.15) is 10.2 Å². The average molecular weight is 636 g/mol. The lowest BCUT2D eigenvalue weighted by molar-refractivity contribution is -0.114. The largest absolute Gasteiger partial charge is 0.495 e. The van der Waals surface area contributed by atoms with Gasteiger partial charge < -0.3 is 29.9 Å². The number of nitrogens with one attached hydrogen (secondary N) is 2. The lowest BCUT2D eigenvalue weighted by Gasteiger charge is -2.18. The maximum atomic E-state index is 13.3. The Hall–Kier alpha value is -5.11. The van der Waals surface area contributed by atoms with Crippen molar-refractivity contribution in [2.75, 3.05) is 49.8 Å². The number of nitrogens with zero attached hydrogens (tertiary/aromatic N) is 5. The van der Waals surface area contributed by atoms with Crippen LogP contribution in [0.25, 0.3) is 0 Å². The van der Waals surface area contributed by atoms with Crippen LogP contribution in [0.2, 0.25) is 5.02 Å². The van der Waals surface area contributed by atoms with Crippen LogP contribution in [0.5, 0.6) is 11.5 Å². The highest BCUT2D eigenvalue weighted by Crippen LogP contribution is 2.58. The third kappa shape index (κ3) is 6.61. The summed E-state index contributed by atoms with van der Waals surface area (Å²) in [5, 5.41) is 16.6. The van der Waals surface area contributed by atoms with E-state index in [4.69, 9.17) is 21.1 Å². The molecule has 10 nitrogen and oxygen atoms in total. The quantitative estimate of drug-likeness (QED) is 0.177. The van der Waals surface area contributed by atoms with Gasteiger partial charge in [-0.15, -0.1) is 0 Å². The summed E-state index contributed by atoms with van der Waals surface area (Å²) in [6, 6.07) is 21.2. The number of benzene rings is 3. The van der Waals surface area contributed by atoms with Gasteiger partial charge in [-0.25, -0.2) is 4.98 Å². The van der Waals surface area contributed by atoms with Gasteiger partial charge in [0.05, 0.1) is 29.7 Å². The van der Waals surface area contributed by atoms with Crippen molar-refractivity contribution in [1.82, 2.24) is 14.9 Å². The zero-order chi connectivity index (χ0) is 32.3. The average Bonchev–Trinajstić information content (AvgIpc) is 3.77. The van der Waals surface area contributed by atoms with Crippen molar-refractivity contribution >= 4 is 46.3 Å². The molecule has 3 aromatic carbocycles. The normalized spacial score (nSPS) is 14.3. The van der Waals surface area contributed by atoms with Crippen molar-refractivity contribution in [1.29, 1.82) is 5.26 Å². The number of hydrogen-bond donors (Lipinski definition) is 2. The van der Waals surface area contributed by atoms with Crippen LogP contribution >= 0.6 is 11.6 Å². The van der Waals surface area contributed by atoms with E-state index < -0.39 is 0 Å². The third-order valence-corrected chi connectivity index (χ3v) is 8.37. The molecule has 0 saturated heterocycles. The standard InChI is InChI=1S/C35H34ClN7O3/c1-42(2)15-7-10-32(44)43-22-35(13-14-35)26-17-31(45-3)28(18-29(26)43)40-34-38-20-24(19-37)33(41-34)39-25-11-12-30(27(36)16-25)46-21-23-8-5-4-6-9-23/h4-12,16-18,20H,13-15,21-22H2,1-3H3,(H2,38,39,40,41)/b10-7+. The van der Waals surface area contributed by atoms with Gasteiger partial charge in [0.2, 0.25) is 5.95 Å². The third-order valence-electron chi connectivity index (χ3n) is 8.08. The fourth-order valence-electron chi connectivity index (χ4n) is 5.49. The van der Waals surface area contributed by atoms with Crippen molar-refractivity contribution in [2.24, 2.45) is 0 Å². The second-order valence-electron chi connectivity index (χ2n) is 11.7. The van der Waals surface area contributed by atoms with Crippen LogP contribution in [0, 0.1) is 11.3 Å². The van der Waals surface area contributed by atoms with E-state index in [0.717, 1.165) is 29.7 Å². The van der Waals surface area contributed by atoms with E-state index in [1.807, 2.05) is 72.4 Å². The Morgan fingerprint density at radius 2 is 1.93 bits per heavy atom. The number of carbonyl (C=O) groups is 1. The van der Waals surface area contributed by atoms with Crippen LogP contribution in [0.3, 0.4) is 0 Å². The topological polar surface area (TPSA) is 116 Å². The molecule has 46 heavy (non-hydrogen) atoms. The Bertz CT molecular complexity index is 1830. The number of rotatable bonds is 11. The maximum absolute atomic E-state index is 13.3. The van der Waals surface area contributed by atoms with Crippen LogP contribution in [0.4, 0.5) is 28.8 Å². The van der Waals surface area contributed by atoms with E-state index in [0.29, 0.717) is 53.4 Å². The molecule has 4 aromatic rings. The van der Waals surface area contributed by atoms with Crippen molar-refractivity contribution in [3.05, 3.63) is 101 Å². The van der Waals surface area contributed by atoms with Crippen molar-refractivity contribution in [3.63, 3.8) is 0 Å². The van der Waals surface area contributed by atoms with E-state index in [2.05, 4.69) is 26.7 Å². The highest BCUT2D eigenvalue weighted by molar-refractivity contribution is 6.32. The minimum atomic E-state index is -0.0563. The number of anilines is 5. The summed E-state index contributed by atoms with van der Waals surface area (Å²) in [6.07, 6.45) is 7.01. The number of carbonyl (C=O) groups excluding carboxylic acids is 1. The molecule has 6 rings (SSSR count). The molecule has 0 radical (unpaired) electrons. The minimum absolute atomic E-state index is 0.0301. The molecule has 2 N–H and O–H groups in total. The van der Waals surface area contributed by atoms with E-state index >= 15 is 0 Å². The number of halogens is 1. The molecule has 1 saturated carbocycles. The second kappa shape index (κ2) is 13.1. The van der Waals surface area contributed by atoms with Crippen LogP contribution in [-0.4, -0.2) is 55.1 Å². The molecule has 0 unspecified atom stereocenters. The minimum Gasteiger partial charge on any atom is -0.495 e. The Labute approximate surface area is 273 Å². The maximum Gasteiger partial charge on any atom is 0.250 e. The molecule has 0 bridgehead atoms. The monoisotopic (exact) mass is 635 g/mol. The van der Waals surface area contributed by atoms with Gasteiger partial charge in [0, 0.05) is 30.3 Å². The van der Waals surface area contributed by atoms with Gasteiger partial charge in [0.25, 0.3) is 5.91 Å². The van der Waals surface area contributed by atoms with E-state index in [-0.39, 0.29) is 22.8 Å². The first-order chi connectivity index (χ1) is 22.3. The molecule has 11 heteroatoms. The van der Waals surface area contributed by atoms with E-state index in [1.165, 1.54) is 6.20 Å². The summed E-state index contributed by atoms with van der Waals surface area (Å²) in [5.74, 6) is 1.64. The fourth-order valence-corrected chi connectivity index (χ4v) is 5.73. The number of aromatic nitrogens is 2.